The third kappa shape index (κ3) is 3.08. The molecule has 2 nitrogen and oxygen atoms in total. The predicted octanol–water partition coefficient (Wildman–Crippen LogP) is 2.85. The van der Waals surface area contributed by atoms with Crippen molar-refractivity contribution in [2.45, 2.75) is 44.7 Å². The van der Waals surface area contributed by atoms with Crippen LogP contribution in [0, 0.1) is 5.92 Å². The molecule has 0 radical (unpaired) electrons. The van der Waals surface area contributed by atoms with Crippen LogP contribution in [0.15, 0.2) is 30.3 Å². The Labute approximate surface area is 105 Å². The van der Waals surface area contributed by atoms with Crippen LogP contribution in [0.5, 0.6) is 0 Å². The summed E-state index contributed by atoms with van der Waals surface area (Å²) < 4.78 is 0. The maximum atomic E-state index is 6.29. The molecule has 0 amide bonds. The Morgan fingerprint density at radius 1 is 1.29 bits per heavy atom. The van der Waals surface area contributed by atoms with E-state index in [1.54, 1.807) is 0 Å². The number of nitrogens with one attached hydrogen (secondary N) is 1. The second-order valence-corrected chi connectivity index (χ2v) is 5.71. The van der Waals surface area contributed by atoms with Gasteiger partial charge in [0, 0.05) is 18.1 Å². The molecular weight excluding hydrogens is 208 g/mol. The first-order valence-corrected chi connectivity index (χ1v) is 6.66. The first kappa shape index (κ1) is 12.6. The van der Waals surface area contributed by atoms with Crippen LogP contribution in [-0.2, 0) is 0 Å². The van der Waals surface area contributed by atoms with E-state index in [-0.39, 0.29) is 6.04 Å². The Kier molecular flexibility index (Phi) is 3.85. The fourth-order valence-corrected chi connectivity index (χ4v) is 2.42. The van der Waals surface area contributed by atoms with Gasteiger partial charge in [0.1, 0.15) is 0 Å². The highest BCUT2D eigenvalue weighted by atomic mass is 15.0. The molecule has 1 fully saturated rings. The summed E-state index contributed by atoms with van der Waals surface area (Å²) in [7, 11) is 0. The van der Waals surface area contributed by atoms with E-state index in [0.29, 0.717) is 11.5 Å². The Morgan fingerprint density at radius 3 is 2.47 bits per heavy atom. The molecule has 0 heterocycles. The zero-order valence-corrected chi connectivity index (χ0v) is 10.9. The summed E-state index contributed by atoms with van der Waals surface area (Å²) in [6.07, 6.45) is 3.98. The van der Waals surface area contributed by atoms with Gasteiger partial charge in [-0.05, 0) is 37.7 Å². The van der Waals surface area contributed by atoms with Crippen molar-refractivity contribution in [3.8, 4) is 0 Å². The fourth-order valence-electron chi connectivity index (χ4n) is 2.42. The average molecular weight is 232 g/mol. The van der Waals surface area contributed by atoms with E-state index >= 15 is 0 Å². The van der Waals surface area contributed by atoms with Gasteiger partial charge in [-0.2, -0.15) is 0 Å². The number of hydrogen-bond acceptors (Lipinski definition) is 2. The maximum Gasteiger partial charge on any atom is 0.0333 e. The maximum absolute atomic E-state index is 6.29. The summed E-state index contributed by atoms with van der Waals surface area (Å²) >= 11 is 0. The van der Waals surface area contributed by atoms with Crippen molar-refractivity contribution in [2.75, 3.05) is 6.54 Å². The monoisotopic (exact) mass is 232 g/mol. The van der Waals surface area contributed by atoms with Crippen LogP contribution in [0.25, 0.3) is 0 Å². The second-order valence-electron chi connectivity index (χ2n) is 5.71. The van der Waals surface area contributed by atoms with Crippen LogP contribution in [0.1, 0.15) is 44.7 Å². The van der Waals surface area contributed by atoms with Gasteiger partial charge >= 0.3 is 0 Å². The molecule has 17 heavy (non-hydrogen) atoms. The van der Waals surface area contributed by atoms with Gasteiger partial charge in [0.05, 0.1) is 0 Å². The van der Waals surface area contributed by atoms with Gasteiger partial charge in [-0.1, -0.05) is 37.3 Å². The average Bonchev–Trinajstić information content (AvgIpc) is 2.33. The third-order valence-electron chi connectivity index (χ3n) is 4.11. The minimum absolute atomic E-state index is 0.132. The van der Waals surface area contributed by atoms with E-state index in [2.05, 4.69) is 43.4 Å². The molecular formula is C15H24N2. The number of benzene rings is 1. The molecule has 1 aromatic carbocycles. The highest BCUT2D eigenvalue weighted by Gasteiger charge is 2.31. The number of nitrogens with two attached hydrogens (primary N) is 1. The van der Waals surface area contributed by atoms with E-state index in [1.807, 2.05) is 6.07 Å². The van der Waals surface area contributed by atoms with Gasteiger partial charge in [-0.25, -0.2) is 0 Å². The molecule has 2 unspecified atom stereocenters. The van der Waals surface area contributed by atoms with Crippen LogP contribution in [0.3, 0.4) is 0 Å². The molecule has 2 heteroatoms. The molecule has 1 aromatic rings. The van der Waals surface area contributed by atoms with E-state index in [1.165, 1.54) is 24.8 Å². The SMILES string of the molecule is CC(CNC1(C)CCC1)C(N)c1ccccc1. The lowest BCUT2D eigenvalue weighted by molar-refractivity contribution is 0.195. The summed E-state index contributed by atoms with van der Waals surface area (Å²) in [5.41, 5.74) is 7.90. The smallest absolute Gasteiger partial charge is 0.0333 e. The fraction of sp³-hybridized carbons (Fsp3) is 0.600. The van der Waals surface area contributed by atoms with Crippen molar-refractivity contribution >= 4 is 0 Å². The Bertz CT molecular complexity index is 343. The molecule has 3 N–H and O–H groups in total. The predicted molar refractivity (Wildman–Crippen MR) is 72.8 cm³/mol. The van der Waals surface area contributed by atoms with E-state index in [9.17, 15) is 0 Å². The van der Waals surface area contributed by atoms with Crippen LogP contribution < -0.4 is 11.1 Å². The summed E-state index contributed by atoms with van der Waals surface area (Å²) in [4.78, 5) is 0. The highest BCUT2D eigenvalue weighted by Crippen LogP contribution is 2.31. The van der Waals surface area contributed by atoms with Crippen LogP contribution >= 0.6 is 0 Å². The van der Waals surface area contributed by atoms with Crippen molar-refractivity contribution in [2.24, 2.45) is 11.7 Å². The molecule has 1 aliphatic carbocycles. The first-order chi connectivity index (χ1) is 8.11. The lowest BCUT2D eigenvalue weighted by Gasteiger charge is -2.40. The molecule has 1 aliphatic rings. The van der Waals surface area contributed by atoms with Gasteiger partial charge in [0.15, 0.2) is 0 Å². The molecule has 0 aliphatic heterocycles. The quantitative estimate of drug-likeness (QED) is 0.819. The number of hydrogen-bond donors (Lipinski definition) is 2. The lowest BCUT2D eigenvalue weighted by Crippen LogP contribution is -2.50. The molecule has 94 valence electrons. The minimum atomic E-state index is 0.132. The van der Waals surface area contributed by atoms with Crippen molar-refractivity contribution in [3.63, 3.8) is 0 Å². The highest BCUT2D eigenvalue weighted by molar-refractivity contribution is 5.19. The van der Waals surface area contributed by atoms with Gasteiger partial charge in [-0.3, -0.25) is 0 Å². The van der Waals surface area contributed by atoms with Gasteiger partial charge in [0.25, 0.3) is 0 Å². The zero-order chi connectivity index (χ0) is 12.3. The van der Waals surface area contributed by atoms with Crippen molar-refractivity contribution in [3.05, 3.63) is 35.9 Å². The lowest BCUT2D eigenvalue weighted by atomic mass is 9.78. The zero-order valence-electron chi connectivity index (χ0n) is 10.9. The summed E-state index contributed by atoms with van der Waals surface area (Å²) in [6, 6.07) is 10.5. The molecule has 0 bridgehead atoms. The van der Waals surface area contributed by atoms with Crippen LogP contribution in [-0.4, -0.2) is 12.1 Å². The van der Waals surface area contributed by atoms with E-state index in [0.717, 1.165) is 6.54 Å². The Balaban J connectivity index is 1.85. The van der Waals surface area contributed by atoms with Crippen molar-refractivity contribution < 1.29 is 0 Å². The van der Waals surface area contributed by atoms with Crippen molar-refractivity contribution in [1.82, 2.24) is 5.32 Å². The summed E-state index contributed by atoms with van der Waals surface area (Å²) in [5.74, 6) is 0.467. The van der Waals surface area contributed by atoms with Crippen molar-refractivity contribution in [1.29, 1.82) is 0 Å². The Morgan fingerprint density at radius 2 is 1.94 bits per heavy atom. The van der Waals surface area contributed by atoms with E-state index < -0.39 is 0 Å². The van der Waals surface area contributed by atoms with Gasteiger partial charge in [0.2, 0.25) is 0 Å². The second kappa shape index (κ2) is 5.19. The molecule has 1 saturated carbocycles. The van der Waals surface area contributed by atoms with Crippen LogP contribution in [0.4, 0.5) is 0 Å². The van der Waals surface area contributed by atoms with Gasteiger partial charge in [-0.15, -0.1) is 0 Å². The van der Waals surface area contributed by atoms with Crippen LogP contribution in [0.2, 0.25) is 0 Å². The number of rotatable bonds is 5. The third-order valence-corrected chi connectivity index (χ3v) is 4.11. The topological polar surface area (TPSA) is 38.0 Å². The molecule has 0 saturated heterocycles. The minimum Gasteiger partial charge on any atom is -0.324 e. The summed E-state index contributed by atoms with van der Waals surface area (Å²) in [6.45, 7) is 5.55. The molecule has 0 aromatic heterocycles. The molecule has 2 atom stereocenters. The standard InChI is InChI=1S/C15H24N2/c1-12(11-17-15(2)9-6-10-15)14(16)13-7-4-3-5-8-13/h3-5,7-8,12,14,17H,6,9-11,16H2,1-2H3. The summed E-state index contributed by atoms with van der Waals surface area (Å²) in [5, 5.41) is 3.67. The largest absolute Gasteiger partial charge is 0.324 e. The Hall–Kier alpha value is -0.860. The normalized spacial score (nSPS) is 21.6. The molecule has 2 rings (SSSR count). The first-order valence-electron chi connectivity index (χ1n) is 6.66. The molecule has 0 spiro atoms. The van der Waals surface area contributed by atoms with Gasteiger partial charge < -0.3 is 11.1 Å². The van der Waals surface area contributed by atoms with E-state index in [4.69, 9.17) is 5.73 Å².